The van der Waals surface area contributed by atoms with E-state index in [1.54, 1.807) is 0 Å². The zero-order valence-corrected chi connectivity index (χ0v) is 12.9. The van der Waals surface area contributed by atoms with E-state index in [1.807, 2.05) is 24.3 Å². The van der Waals surface area contributed by atoms with Gasteiger partial charge in [0.05, 0.1) is 18.1 Å². The first-order chi connectivity index (χ1) is 10.5. The van der Waals surface area contributed by atoms with Gasteiger partial charge < -0.3 is 9.64 Å². The zero-order chi connectivity index (χ0) is 15.7. The smallest absolute Gasteiger partial charge is 0.265 e. The van der Waals surface area contributed by atoms with Gasteiger partial charge in [0.1, 0.15) is 5.75 Å². The third-order valence-corrected chi connectivity index (χ3v) is 5.87. The molecule has 1 aromatic carbocycles. The molecule has 116 valence electrons. The Morgan fingerprint density at radius 2 is 2.18 bits per heavy atom. The highest BCUT2D eigenvalue weighted by Crippen LogP contribution is 2.30. The van der Waals surface area contributed by atoms with Gasteiger partial charge in [-0.05, 0) is 18.1 Å². The quantitative estimate of drug-likeness (QED) is 0.767. The maximum Gasteiger partial charge on any atom is 0.265 e. The molecule has 2 atom stereocenters. The molecular weight excluding hydrogens is 302 g/mol. The summed E-state index contributed by atoms with van der Waals surface area (Å²) in [6.07, 6.45) is 5.67. The Hall–Kier alpha value is -2.00. The van der Waals surface area contributed by atoms with Crippen LogP contribution in [0.15, 0.2) is 24.3 Å². The number of hydrogen-bond donors (Lipinski definition) is 0. The highest BCUT2D eigenvalue weighted by Gasteiger charge is 2.39. The van der Waals surface area contributed by atoms with Gasteiger partial charge >= 0.3 is 0 Å². The first-order valence-electron chi connectivity index (χ1n) is 7.19. The normalized spacial score (nSPS) is 25.0. The summed E-state index contributed by atoms with van der Waals surface area (Å²) >= 11 is 0. The third-order valence-electron chi connectivity index (χ3n) is 4.12. The van der Waals surface area contributed by atoms with Gasteiger partial charge in [0.2, 0.25) is 0 Å². The molecule has 1 aromatic rings. The van der Waals surface area contributed by atoms with Crippen molar-refractivity contribution in [1.82, 2.24) is 4.90 Å². The van der Waals surface area contributed by atoms with Crippen LogP contribution in [-0.2, 0) is 21.1 Å². The van der Waals surface area contributed by atoms with Crippen molar-refractivity contribution in [1.29, 1.82) is 0 Å². The summed E-state index contributed by atoms with van der Waals surface area (Å²) in [6, 6.07) is 7.16. The van der Waals surface area contributed by atoms with Gasteiger partial charge in [-0.1, -0.05) is 24.1 Å². The summed E-state index contributed by atoms with van der Waals surface area (Å²) in [7, 11) is -3.07. The molecule has 2 heterocycles. The second kappa shape index (κ2) is 5.65. The van der Waals surface area contributed by atoms with E-state index in [4.69, 9.17) is 11.2 Å². The number of sulfone groups is 1. The predicted molar refractivity (Wildman–Crippen MR) is 82.2 cm³/mol. The fourth-order valence-electron chi connectivity index (χ4n) is 3.01. The summed E-state index contributed by atoms with van der Waals surface area (Å²) in [5, 5.41) is 0. The molecule has 0 aliphatic carbocycles. The molecule has 3 rings (SSSR count). The van der Waals surface area contributed by atoms with Crippen LogP contribution in [0, 0.1) is 12.3 Å². The summed E-state index contributed by atoms with van der Waals surface area (Å²) in [6.45, 7) is 0.106. The lowest BCUT2D eigenvalue weighted by Gasteiger charge is -2.28. The topological polar surface area (TPSA) is 63.7 Å². The minimum absolute atomic E-state index is 0.0138. The molecule has 0 unspecified atom stereocenters. The van der Waals surface area contributed by atoms with E-state index in [9.17, 15) is 13.2 Å². The maximum atomic E-state index is 12.7. The molecule has 2 aliphatic rings. The van der Waals surface area contributed by atoms with Crippen molar-refractivity contribution in [2.45, 2.75) is 25.0 Å². The number of amides is 1. The molecule has 0 saturated carbocycles. The third kappa shape index (κ3) is 2.81. The van der Waals surface area contributed by atoms with Crippen molar-refractivity contribution in [2.24, 2.45) is 0 Å². The van der Waals surface area contributed by atoms with Crippen LogP contribution in [0.3, 0.4) is 0 Å². The summed E-state index contributed by atoms with van der Waals surface area (Å²) in [5.41, 5.74) is 0.987. The lowest BCUT2D eigenvalue weighted by molar-refractivity contribution is -0.139. The van der Waals surface area contributed by atoms with Crippen LogP contribution in [0.5, 0.6) is 5.75 Å². The van der Waals surface area contributed by atoms with E-state index in [0.717, 1.165) is 5.56 Å². The molecule has 2 aliphatic heterocycles. The number of hydrogen-bond acceptors (Lipinski definition) is 4. The number of rotatable bonds is 3. The number of carbonyl (C=O) groups is 1. The number of nitrogens with zero attached hydrogens (tertiary/aromatic N) is 1. The van der Waals surface area contributed by atoms with E-state index in [-0.39, 0.29) is 30.0 Å². The van der Waals surface area contributed by atoms with Crippen LogP contribution in [0.1, 0.15) is 12.0 Å². The Labute approximate surface area is 130 Å². The van der Waals surface area contributed by atoms with Crippen LogP contribution >= 0.6 is 0 Å². The first kappa shape index (κ1) is 14.9. The summed E-state index contributed by atoms with van der Waals surface area (Å²) in [5.74, 6) is 3.03. The van der Waals surface area contributed by atoms with Crippen LogP contribution in [0.25, 0.3) is 0 Å². The van der Waals surface area contributed by atoms with Crippen molar-refractivity contribution in [3.05, 3.63) is 29.8 Å². The summed E-state index contributed by atoms with van der Waals surface area (Å²) in [4.78, 5) is 14.2. The number of ether oxygens (including phenoxy) is 1. The maximum absolute atomic E-state index is 12.7. The molecule has 0 radical (unpaired) electrons. The van der Waals surface area contributed by atoms with E-state index in [1.165, 1.54) is 4.90 Å². The van der Waals surface area contributed by atoms with Crippen LogP contribution < -0.4 is 4.74 Å². The standard InChI is InChI=1S/C16H17NO4S/c1-2-8-17(13-7-9-22(19,20)11-13)16(18)15-10-12-5-3-4-6-14(12)21-15/h1,3-6,13,15H,7-11H2/t13-,15+/m0/s1. The monoisotopic (exact) mass is 319 g/mol. The van der Waals surface area contributed by atoms with Gasteiger partial charge in [-0.2, -0.15) is 0 Å². The minimum Gasteiger partial charge on any atom is -0.480 e. The number of carbonyl (C=O) groups excluding carboxylic acids is 1. The van der Waals surface area contributed by atoms with Crippen molar-refractivity contribution in [3.63, 3.8) is 0 Å². The lowest BCUT2D eigenvalue weighted by atomic mass is 10.1. The minimum atomic E-state index is -3.07. The number of terminal acetylenes is 1. The van der Waals surface area contributed by atoms with Gasteiger partial charge in [-0.15, -0.1) is 6.42 Å². The molecule has 0 aromatic heterocycles. The molecule has 1 amide bonds. The Kier molecular flexibility index (Phi) is 3.83. The molecule has 0 bridgehead atoms. The van der Waals surface area contributed by atoms with Gasteiger partial charge in [0.15, 0.2) is 15.9 Å². The Morgan fingerprint density at radius 1 is 1.41 bits per heavy atom. The molecule has 1 fully saturated rings. The number of fused-ring (bicyclic) bond motifs is 1. The van der Waals surface area contributed by atoms with Gasteiger partial charge in [0, 0.05) is 12.5 Å². The average molecular weight is 319 g/mol. The Bertz CT molecular complexity index is 710. The van der Waals surface area contributed by atoms with Gasteiger partial charge in [-0.3, -0.25) is 4.79 Å². The Balaban J connectivity index is 1.76. The summed E-state index contributed by atoms with van der Waals surface area (Å²) < 4.78 is 29.0. The van der Waals surface area contributed by atoms with Crippen molar-refractivity contribution < 1.29 is 17.9 Å². The van der Waals surface area contributed by atoms with Crippen molar-refractivity contribution >= 4 is 15.7 Å². The average Bonchev–Trinajstić information content (AvgIpc) is 3.07. The Morgan fingerprint density at radius 3 is 2.82 bits per heavy atom. The highest BCUT2D eigenvalue weighted by molar-refractivity contribution is 7.91. The van der Waals surface area contributed by atoms with E-state index in [2.05, 4.69) is 5.92 Å². The number of para-hydroxylation sites is 1. The largest absolute Gasteiger partial charge is 0.480 e. The van der Waals surface area contributed by atoms with Gasteiger partial charge in [-0.25, -0.2) is 8.42 Å². The SMILES string of the molecule is C#CCN(C(=O)[C@H]1Cc2ccccc2O1)[C@H]1CCS(=O)(=O)C1. The second-order valence-electron chi connectivity index (χ2n) is 5.65. The van der Waals surface area contributed by atoms with E-state index < -0.39 is 15.9 Å². The molecule has 22 heavy (non-hydrogen) atoms. The van der Waals surface area contributed by atoms with E-state index >= 15 is 0 Å². The van der Waals surface area contributed by atoms with E-state index in [0.29, 0.717) is 18.6 Å². The fraction of sp³-hybridized carbons (Fsp3) is 0.438. The van der Waals surface area contributed by atoms with Gasteiger partial charge in [0.25, 0.3) is 5.91 Å². The molecule has 0 spiro atoms. The molecule has 0 N–H and O–H groups in total. The van der Waals surface area contributed by atoms with Crippen molar-refractivity contribution in [3.8, 4) is 18.1 Å². The first-order valence-corrected chi connectivity index (χ1v) is 9.01. The highest BCUT2D eigenvalue weighted by atomic mass is 32.2. The molecule has 5 nitrogen and oxygen atoms in total. The molecule has 6 heteroatoms. The van der Waals surface area contributed by atoms with Crippen LogP contribution in [0.2, 0.25) is 0 Å². The van der Waals surface area contributed by atoms with Crippen molar-refractivity contribution in [2.75, 3.05) is 18.1 Å². The van der Waals surface area contributed by atoms with Crippen LogP contribution in [-0.4, -0.2) is 49.4 Å². The van der Waals surface area contributed by atoms with Crippen LogP contribution in [0.4, 0.5) is 0 Å². The second-order valence-corrected chi connectivity index (χ2v) is 7.87. The predicted octanol–water partition coefficient (Wildman–Crippen LogP) is 0.639. The lowest BCUT2D eigenvalue weighted by Crippen LogP contribution is -2.47. The molecular formula is C16H17NO4S. The fourth-order valence-corrected chi connectivity index (χ4v) is 4.74. The number of benzene rings is 1. The zero-order valence-electron chi connectivity index (χ0n) is 12.1. The molecule has 1 saturated heterocycles.